The van der Waals surface area contributed by atoms with Crippen LogP contribution in [0.4, 0.5) is 0 Å². The van der Waals surface area contributed by atoms with Crippen molar-refractivity contribution in [2.75, 3.05) is 0 Å². The van der Waals surface area contributed by atoms with Gasteiger partial charge in [0.2, 0.25) is 5.78 Å². The van der Waals surface area contributed by atoms with Crippen LogP contribution >= 0.6 is 46.4 Å². The smallest absolute Gasteiger partial charge is 0.287 e. The average Bonchev–Trinajstić information content (AvgIpc) is 2.78. The molecule has 0 saturated heterocycles. The van der Waals surface area contributed by atoms with Crippen LogP contribution in [0.15, 0.2) is 12.1 Å². The van der Waals surface area contributed by atoms with Crippen LogP contribution in [-0.4, -0.2) is 25.5 Å². The largest absolute Gasteiger partial charge is 4.00 e. The third-order valence-electron chi connectivity index (χ3n) is 3.30. The molecular weight excluding hydrogens is 437 g/mol. The van der Waals surface area contributed by atoms with Gasteiger partial charge in [0.15, 0.2) is 10.3 Å². The van der Waals surface area contributed by atoms with Crippen molar-refractivity contribution in [3.63, 3.8) is 0 Å². The summed E-state index contributed by atoms with van der Waals surface area (Å²) in [7, 11) is 1.69. The Morgan fingerprint density at radius 1 is 1.08 bits per heavy atom. The van der Waals surface area contributed by atoms with Crippen molar-refractivity contribution in [3.8, 4) is 0 Å². The molecular formula is C14H8Cl4MnN4O+4. The Kier molecular flexibility index (Phi) is 5.80. The van der Waals surface area contributed by atoms with Crippen molar-refractivity contribution < 1.29 is 21.9 Å². The number of fused-ring (bicyclic) bond motifs is 1. The molecule has 0 N–H and O–H groups in total. The van der Waals surface area contributed by atoms with Crippen molar-refractivity contribution in [2.45, 2.75) is 6.92 Å². The summed E-state index contributed by atoms with van der Waals surface area (Å²) in [5.74, 6) is -0.464. The van der Waals surface area contributed by atoms with Gasteiger partial charge >= 0.3 is 17.1 Å². The molecule has 121 valence electrons. The molecule has 0 spiro atoms. The molecule has 2 heterocycles. The molecule has 0 saturated carbocycles. The Hall–Kier alpha value is -0.881. The summed E-state index contributed by atoms with van der Waals surface area (Å²) >= 11 is 24.4. The number of nitrogens with zero attached hydrogens (tertiary/aromatic N) is 4. The molecule has 1 aromatic carbocycles. The van der Waals surface area contributed by atoms with E-state index in [1.54, 1.807) is 26.1 Å². The van der Waals surface area contributed by atoms with Crippen LogP contribution in [0, 0.1) is 6.92 Å². The van der Waals surface area contributed by atoms with E-state index < -0.39 is 5.78 Å². The number of rotatable bonds is 2. The number of carbonyl (C=O) groups excluding carboxylic acids is 1. The molecule has 3 aromatic rings. The predicted octanol–water partition coefficient (Wildman–Crippen LogP) is 4.51. The first-order valence-electron chi connectivity index (χ1n) is 6.36. The monoisotopic (exact) mass is 443 g/mol. The maximum Gasteiger partial charge on any atom is 4.00 e. The molecule has 0 fully saturated rings. The van der Waals surface area contributed by atoms with E-state index in [2.05, 4.69) is 15.1 Å². The maximum absolute atomic E-state index is 12.7. The van der Waals surface area contributed by atoms with Crippen molar-refractivity contribution in [2.24, 2.45) is 7.05 Å². The van der Waals surface area contributed by atoms with Crippen LogP contribution in [0.5, 0.6) is 0 Å². The van der Waals surface area contributed by atoms with E-state index in [0.29, 0.717) is 21.7 Å². The van der Waals surface area contributed by atoms with Gasteiger partial charge in [0.25, 0.3) is 0 Å². The van der Waals surface area contributed by atoms with Gasteiger partial charge in [0.05, 0.1) is 21.6 Å². The number of aromatic nitrogens is 4. The van der Waals surface area contributed by atoms with Crippen LogP contribution in [0.3, 0.4) is 0 Å². The minimum absolute atomic E-state index is 0. The first-order chi connectivity index (χ1) is 10.8. The van der Waals surface area contributed by atoms with Crippen molar-refractivity contribution >= 4 is 63.1 Å². The van der Waals surface area contributed by atoms with Crippen LogP contribution < -0.4 is 0 Å². The predicted molar refractivity (Wildman–Crippen MR) is 91.0 cm³/mol. The third-order valence-corrected chi connectivity index (χ3v) is 4.75. The molecule has 0 aliphatic carbocycles. The number of hydrogen-bond acceptors (Lipinski definition) is 4. The molecule has 0 bridgehead atoms. The second-order valence-electron chi connectivity index (χ2n) is 4.80. The van der Waals surface area contributed by atoms with Gasteiger partial charge in [-0.05, 0) is 19.1 Å². The number of hydrogen-bond donors (Lipinski definition) is 0. The van der Waals surface area contributed by atoms with Crippen molar-refractivity contribution in [1.29, 1.82) is 0 Å². The zero-order valence-corrected chi connectivity index (χ0v) is 16.4. The molecule has 0 amide bonds. The molecule has 0 unspecified atom stereocenters. The molecule has 5 nitrogen and oxygen atoms in total. The summed E-state index contributed by atoms with van der Waals surface area (Å²) in [5, 5.41) is 5.29. The molecule has 3 rings (SSSR count). The molecule has 2 aromatic heterocycles. The van der Waals surface area contributed by atoms with Crippen LogP contribution in [-0.2, 0) is 24.1 Å². The average molecular weight is 445 g/mol. The number of aryl methyl sites for hydroxylation is 2. The summed E-state index contributed by atoms with van der Waals surface area (Å²) in [4.78, 5) is 20.7. The van der Waals surface area contributed by atoms with E-state index in [0.717, 1.165) is 0 Å². The van der Waals surface area contributed by atoms with E-state index in [4.69, 9.17) is 46.4 Å². The van der Waals surface area contributed by atoms with Gasteiger partial charge in [-0.3, -0.25) is 9.48 Å². The van der Waals surface area contributed by atoms with E-state index >= 15 is 0 Å². The zero-order valence-electron chi connectivity index (χ0n) is 12.2. The summed E-state index contributed by atoms with van der Waals surface area (Å²) < 4.78 is 1.48. The molecule has 0 atom stereocenters. The molecule has 0 aliphatic rings. The van der Waals surface area contributed by atoms with E-state index in [9.17, 15) is 4.79 Å². The Bertz CT molecular complexity index is 973. The second kappa shape index (κ2) is 7.16. The molecule has 24 heavy (non-hydrogen) atoms. The number of halogens is 4. The Labute approximate surface area is 167 Å². The summed E-state index contributed by atoms with van der Waals surface area (Å²) in [6.45, 7) is 1.63. The molecule has 10 heteroatoms. The minimum Gasteiger partial charge on any atom is -0.287 e. The van der Waals surface area contributed by atoms with Gasteiger partial charge in [-0.25, -0.2) is 9.97 Å². The number of carbonyl (C=O) groups is 1. The van der Waals surface area contributed by atoms with Gasteiger partial charge < -0.3 is 0 Å². The Balaban J connectivity index is 0.00000208. The Morgan fingerprint density at radius 3 is 2.42 bits per heavy atom. The maximum atomic E-state index is 12.7. The summed E-state index contributed by atoms with van der Waals surface area (Å²) in [6.07, 6.45) is 0. The molecule has 0 aliphatic heterocycles. The topological polar surface area (TPSA) is 60.7 Å². The van der Waals surface area contributed by atoms with Gasteiger partial charge in [-0.15, -0.1) is 0 Å². The SMILES string of the molecule is Cc1nc(C(=O)c2ccc3nn(C)c(Cl)c3c2Cl)c(Cl)nc1Cl.[Mn+4]. The number of ketones is 1. The first kappa shape index (κ1) is 19.4. The normalized spacial score (nSPS) is 10.8. The minimum atomic E-state index is -0.464. The van der Waals surface area contributed by atoms with E-state index in [1.165, 1.54) is 4.68 Å². The first-order valence-corrected chi connectivity index (χ1v) is 7.87. The Morgan fingerprint density at radius 2 is 1.75 bits per heavy atom. The van der Waals surface area contributed by atoms with Crippen LogP contribution in [0.2, 0.25) is 20.5 Å². The zero-order chi connectivity index (χ0) is 16.9. The summed E-state index contributed by atoms with van der Waals surface area (Å²) in [6, 6.07) is 3.21. The standard InChI is InChI=1S/C14H8Cl4N4O.Mn/c1-5-12(16)20-13(17)10(19-5)11(23)6-3-4-7-8(9(6)15)14(18)22(2)21-7;/h3-4H,1-2H3;/q;+4. The van der Waals surface area contributed by atoms with E-state index in [-0.39, 0.29) is 43.7 Å². The fourth-order valence-electron chi connectivity index (χ4n) is 2.14. The number of benzene rings is 1. The van der Waals surface area contributed by atoms with Crippen LogP contribution in [0.25, 0.3) is 10.9 Å². The fraction of sp³-hybridized carbons (Fsp3) is 0.143. The quantitative estimate of drug-likeness (QED) is 0.431. The van der Waals surface area contributed by atoms with Crippen LogP contribution in [0.1, 0.15) is 21.7 Å². The second-order valence-corrected chi connectivity index (χ2v) is 6.26. The molecule has 1 radical (unpaired) electrons. The van der Waals surface area contributed by atoms with E-state index in [1.807, 2.05) is 0 Å². The fourth-order valence-corrected chi connectivity index (χ4v) is 3.14. The van der Waals surface area contributed by atoms with Crippen molar-refractivity contribution in [3.05, 3.63) is 49.6 Å². The van der Waals surface area contributed by atoms with Gasteiger partial charge in [0.1, 0.15) is 10.8 Å². The van der Waals surface area contributed by atoms with Gasteiger partial charge in [0, 0.05) is 12.6 Å². The van der Waals surface area contributed by atoms with Gasteiger partial charge in [-0.1, -0.05) is 46.4 Å². The van der Waals surface area contributed by atoms with Crippen molar-refractivity contribution in [1.82, 2.24) is 19.7 Å². The third kappa shape index (κ3) is 3.15. The summed E-state index contributed by atoms with van der Waals surface area (Å²) in [5.41, 5.74) is 1.18. The van der Waals surface area contributed by atoms with Gasteiger partial charge in [-0.2, -0.15) is 5.10 Å².